The van der Waals surface area contributed by atoms with E-state index in [2.05, 4.69) is 41.0 Å². The molecule has 5 amide bonds. The molecule has 0 aliphatic carbocycles. The van der Waals surface area contributed by atoms with E-state index >= 15 is 0 Å². The molecule has 72 heavy (non-hydrogen) atoms. The predicted molar refractivity (Wildman–Crippen MR) is 274 cm³/mol. The Hall–Kier alpha value is -7.52. The van der Waals surface area contributed by atoms with Gasteiger partial charge in [-0.15, -0.1) is 11.3 Å². The van der Waals surface area contributed by atoms with Crippen LogP contribution in [-0.4, -0.2) is 140 Å². The molecule has 2 aliphatic heterocycles. The first-order valence-corrected chi connectivity index (χ1v) is 24.8. The van der Waals surface area contributed by atoms with Crippen LogP contribution in [0.15, 0.2) is 85.0 Å². The molecule has 0 radical (unpaired) electrons. The molecule has 7 heterocycles. The van der Waals surface area contributed by atoms with E-state index in [0.29, 0.717) is 69.6 Å². The highest BCUT2D eigenvalue weighted by molar-refractivity contribution is 7.13. The van der Waals surface area contributed by atoms with Gasteiger partial charge >= 0.3 is 6.09 Å². The molecule has 5 aromatic heterocycles. The van der Waals surface area contributed by atoms with Crippen molar-refractivity contribution in [1.29, 1.82) is 0 Å². The lowest BCUT2D eigenvalue weighted by atomic mass is 9.85. The number of benzene rings is 1. The van der Waals surface area contributed by atoms with Gasteiger partial charge in [0.2, 0.25) is 23.7 Å². The van der Waals surface area contributed by atoms with Crippen LogP contribution >= 0.6 is 11.3 Å². The van der Waals surface area contributed by atoms with Crippen LogP contribution in [-0.2, 0) is 30.5 Å². The van der Waals surface area contributed by atoms with Crippen LogP contribution in [0.2, 0.25) is 0 Å². The lowest BCUT2D eigenvalue weighted by molar-refractivity contribution is -0.144. The van der Waals surface area contributed by atoms with Crippen molar-refractivity contribution >= 4 is 64.0 Å². The molecular formula is C51H61N13O7S. The molecule has 8 rings (SSSR count). The molecule has 2 aliphatic rings. The molecule has 21 heteroatoms. The number of hydrogen-bond acceptors (Lipinski definition) is 15. The largest absolute Gasteiger partial charge is 0.481 e. The Balaban J connectivity index is 0.769. The van der Waals surface area contributed by atoms with Gasteiger partial charge in [-0.2, -0.15) is 5.10 Å². The fourth-order valence-electron chi connectivity index (χ4n) is 8.56. The minimum absolute atomic E-state index is 0.175. The van der Waals surface area contributed by atoms with Gasteiger partial charge in [-0.25, -0.2) is 24.3 Å². The number of carbonyl (C=O) groups is 5. The number of thiazole rings is 1. The molecule has 20 nitrogen and oxygen atoms in total. The van der Waals surface area contributed by atoms with Crippen molar-refractivity contribution in [3.05, 3.63) is 96.3 Å². The number of aryl methyl sites for hydroxylation is 1. The molecule has 2 unspecified atom stereocenters. The SMILES string of the molecule is Cc1ncsc1-c1ccc(CNC(=O)C2CCCN2C(=O)C(NC(=O)COc2cnc(N3CCN(CC(=O)Nc4cc5cc(-c6cncc(N(C)C(=O)OC(C)C)c6)ccn5n4)CC3)nc2)C(C)(C)C)cc1. The number of nitrogens with zero attached hydrogens (tertiary/aromatic N) is 10. The maximum atomic E-state index is 14.1. The van der Waals surface area contributed by atoms with Crippen molar-refractivity contribution < 1.29 is 33.4 Å². The Kier molecular flexibility index (Phi) is 15.7. The first kappa shape index (κ1) is 50.9. The summed E-state index contributed by atoms with van der Waals surface area (Å²) in [6, 6.07) is 13.9. The predicted octanol–water partition coefficient (Wildman–Crippen LogP) is 5.58. The van der Waals surface area contributed by atoms with E-state index in [1.165, 1.54) is 17.3 Å². The van der Waals surface area contributed by atoms with Crippen molar-refractivity contribution in [2.45, 2.75) is 79.1 Å². The van der Waals surface area contributed by atoms with Gasteiger partial charge < -0.3 is 35.2 Å². The molecule has 3 N–H and O–H groups in total. The van der Waals surface area contributed by atoms with Crippen LogP contribution in [0.4, 0.5) is 22.2 Å². The van der Waals surface area contributed by atoms with E-state index in [1.807, 2.05) is 85.5 Å². The summed E-state index contributed by atoms with van der Waals surface area (Å²) in [5.41, 5.74) is 7.18. The molecule has 0 spiro atoms. The molecule has 2 fully saturated rings. The van der Waals surface area contributed by atoms with Gasteiger partial charge in [-0.05, 0) is 73.9 Å². The topological polar surface area (TPSA) is 222 Å². The van der Waals surface area contributed by atoms with E-state index in [4.69, 9.17) is 9.47 Å². The van der Waals surface area contributed by atoms with Crippen molar-refractivity contribution in [1.82, 2.24) is 50.0 Å². The Bertz CT molecular complexity index is 2890. The maximum Gasteiger partial charge on any atom is 0.414 e. The van der Waals surface area contributed by atoms with E-state index in [1.54, 1.807) is 66.3 Å². The minimum atomic E-state index is -0.902. The molecule has 2 atom stereocenters. The van der Waals surface area contributed by atoms with Crippen LogP contribution < -0.4 is 30.5 Å². The second-order valence-electron chi connectivity index (χ2n) is 19.3. The maximum absolute atomic E-state index is 14.1. The summed E-state index contributed by atoms with van der Waals surface area (Å²) in [7, 11) is 1.64. The summed E-state index contributed by atoms with van der Waals surface area (Å²) in [4.78, 5) is 92.2. The number of hydrogen-bond donors (Lipinski definition) is 3. The van der Waals surface area contributed by atoms with E-state index in [9.17, 15) is 24.0 Å². The quantitative estimate of drug-likeness (QED) is 0.108. The number of amides is 5. The van der Waals surface area contributed by atoms with Crippen molar-refractivity contribution in [3.63, 3.8) is 0 Å². The number of nitrogens with one attached hydrogen (secondary N) is 3. The minimum Gasteiger partial charge on any atom is -0.481 e. The van der Waals surface area contributed by atoms with Crippen LogP contribution in [0.3, 0.4) is 0 Å². The van der Waals surface area contributed by atoms with Crippen molar-refractivity contribution in [3.8, 4) is 27.3 Å². The van der Waals surface area contributed by atoms with Crippen LogP contribution in [0, 0.1) is 12.3 Å². The van der Waals surface area contributed by atoms with Gasteiger partial charge in [0.15, 0.2) is 18.2 Å². The third kappa shape index (κ3) is 12.5. The first-order chi connectivity index (χ1) is 34.5. The second-order valence-corrected chi connectivity index (χ2v) is 20.1. The van der Waals surface area contributed by atoms with E-state index in [0.717, 1.165) is 38.3 Å². The zero-order valence-corrected chi connectivity index (χ0v) is 42.4. The van der Waals surface area contributed by atoms with E-state index < -0.39 is 29.5 Å². The number of likely N-dealkylation sites (tertiary alicyclic amines) is 1. The molecular weight excluding hydrogens is 939 g/mol. The lowest BCUT2D eigenvalue weighted by Crippen LogP contribution is -2.58. The number of fused-ring (bicyclic) bond motifs is 1. The lowest BCUT2D eigenvalue weighted by Gasteiger charge is -2.35. The Labute approximate surface area is 422 Å². The van der Waals surface area contributed by atoms with Crippen LogP contribution in [0.25, 0.3) is 27.1 Å². The van der Waals surface area contributed by atoms with Crippen LogP contribution in [0.5, 0.6) is 5.75 Å². The fraction of sp³-hybridized carbons (Fsp3) is 0.412. The normalized spacial score (nSPS) is 15.6. The summed E-state index contributed by atoms with van der Waals surface area (Å²) in [5.74, 6) is -0.0347. The Morgan fingerprint density at radius 1 is 0.875 bits per heavy atom. The average molecular weight is 1000 g/mol. The molecule has 2 saturated heterocycles. The summed E-state index contributed by atoms with van der Waals surface area (Å²) in [6.07, 6.45) is 8.61. The highest BCUT2D eigenvalue weighted by Gasteiger charge is 2.42. The number of anilines is 3. The molecule has 6 aromatic rings. The highest BCUT2D eigenvalue weighted by atomic mass is 32.1. The van der Waals surface area contributed by atoms with Gasteiger partial charge in [0.05, 0.1) is 58.5 Å². The van der Waals surface area contributed by atoms with Crippen molar-refractivity contribution in [2.24, 2.45) is 5.41 Å². The van der Waals surface area contributed by atoms with E-state index in [-0.39, 0.29) is 42.7 Å². The molecule has 378 valence electrons. The summed E-state index contributed by atoms with van der Waals surface area (Å²) in [6.45, 7) is 14.1. The van der Waals surface area contributed by atoms with Gasteiger partial charge in [0, 0.05) is 70.3 Å². The van der Waals surface area contributed by atoms with Gasteiger partial charge in [0.1, 0.15) is 12.1 Å². The van der Waals surface area contributed by atoms with Gasteiger partial charge in [0.25, 0.3) is 5.91 Å². The fourth-order valence-corrected chi connectivity index (χ4v) is 9.37. The first-order valence-electron chi connectivity index (χ1n) is 24.0. The molecule has 0 saturated carbocycles. The zero-order chi connectivity index (χ0) is 51.1. The third-order valence-corrected chi connectivity index (χ3v) is 13.5. The Morgan fingerprint density at radius 3 is 2.32 bits per heavy atom. The third-order valence-electron chi connectivity index (χ3n) is 12.5. The number of piperazine rings is 1. The highest BCUT2D eigenvalue weighted by Crippen LogP contribution is 2.29. The number of ether oxygens (including phenoxy) is 2. The summed E-state index contributed by atoms with van der Waals surface area (Å²) in [5, 5.41) is 13.3. The number of aromatic nitrogens is 6. The standard InChI is InChI=1S/C51H61N13O7S/c1-32(2)71-50(69)60(7)39-22-37(25-52-26-39)36-14-16-64-38(21-36)23-42(59-64)57-43(65)29-61-17-19-62(20-18-61)49-54-27-40(28-55-49)70-30-44(66)58-46(51(4,5)6)48(68)63-15-8-9-41(63)47(67)53-24-34-10-12-35(13-11-34)45-33(3)56-31-72-45/h10-14,16,21-23,25-28,31-32,41,46H,8-9,15,17-20,24,29-30H2,1-7H3,(H,53,67)(H,58,66)(H,57,59,65). The van der Waals surface area contributed by atoms with Gasteiger partial charge in [-0.1, -0.05) is 45.0 Å². The summed E-state index contributed by atoms with van der Waals surface area (Å²) >= 11 is 1.59. The second kappa shape index (κ2) is 22.3. The molecule has 0 bridgehead atoms. The number of carbonyl (C=O) groups excluding carboxylic acids is 5. The monoisotopic (exact) mass is 999 g/mol. The van der Waals surface area contributed by atoms with Gasteiger partial charge in [-0.3, -0.25) is 34.0 Å². The smallest absolute Gasteiger partial charge is 0.414 e. The Morgan fingerprint density at radius 2 is 1.62 bits per heavy atom. The molecule has 1 aromatic carbocycles. The zero-order valence-electron chi connectivity index (χ0n) is 41.6. The van der Waals surface area contributed by atoms with Crippen LogP contribution in [0.1, 0.15) is 58.7 Å². The summed E-state index contributed by atoms with van der Waals surface area (Å²) < 4.78 is 12.8. The van der Waals surface area contributed by atoms with Crippen molar-refractivity contribution in [2.75, 3.05) is 68.0 Å². The number of pyridine rings is 2. The number of rotatable bonds is 16. The average Bonchev–Trinajstić information content (AvgIpc) is 4.14.